The molecule has 1 fully saturated rings. The van der Waals surface area contributed by atoms with E-state index in [0.29, 0.717) is 0 Å². The molecule has 10 heteroatoms. The summed E-state index contributed by atoms with van der Waals surface area (Å²) in [4.78, 5) is 12.0. The molecule has 0 saturated carbocycles. The summed E-state index contributed by atoms with van der Waals surface area (Å²) in [7, 11) is -7.66. The maximum Gasteiger partial charge on any atom is 0.261 e. The number of para-hydroxylation sites is 1. The van der Waals surface area contributed by atoms with Crippen LogP contribution in [0.2, 0.25) is 5.02 Å². The molecule has 2 aromatic carbocycles. The smallest absolute Gasteiger partial charge is 0.261 e. The van der Waals surface area contributed by atoms with Crippen LogP contribution in [0.3, 0.4) is 0 Å². The average molecular weight is 415 g/mol. The zero-order valence-electron chi connectivity index (χ0n) is 13.6. The maximum absolute atomic E-state index is 12.5. The molecule has 0 bridgehead atoms. The van der Waals surface area contributed by atoms with Gasteiger partial charge in [-0.15, -0.1) is 0 Å². The van der Waals surface area contributed by atoms with Gasteiger partial charge in [0.05, 0.1) is 33.0 Å². The van der Waals surface area contributed by atoms with Crippen LogP contribution in [0.5, 0.6) is 0 Å². The molecule has 0 unspecified atom stereocenters. The highest BCUT2D eigenvalue weighted by molar-refractivity contribution is 7.94. The first-order valence-electron chi connectivity index (χ1n) is 7.56. The Labute approximate surface area is 156 Å². The molecule has 1 N–H and O–H groups in total. The molecule has 2 aromatic rings. The Kier molecular flexibility index (Phi) is 4.72. The predicted octanol–water partition coefficient (Wildman–Crippen LogP) is 2.45. The molecule has 138 valence electrons. The number of benzene rings is 2. The van der Waals surface area contributed by atoms with Crippen LogP contribution in [0.4, 0.5) is 11.4 Å². The molecule has 26 heavy (non-hydrogen) atoms. The Morgan fingerprint density at radius 3 is 2.27 bits per heavy atom. The van der Waals surface area contributed by atoms with Gasteiger partial charge in [0.15, 0.2) is 0 Å². The average Bonchev–Trinajstić information content (AvgIpc) is 2.77. The first-order chi connectivity index (χ1) is 12.1. The molecule has 1 heterocycles. The molecule has 3 rings (SSSR count). The number of carbonyl (C=O) groups excluding carboxylic acids is 1. The normalized spacial score (nSPS) is 19.5. The predicted molar refractivity (Wildman–Crippen MR) is 99.1 cm³/mol. The standard InChI is InChI=1S/C16H15ClN2O5S2/c1-11-10-25(21,22)19(16(11)20)12-6-8-13(9-7-12)26(23,24)18-15-5-3-2-4-14(15)17/h2-9,11,18H,10H2,1H3/t11-/m0/s1. The van der Waals surface area contributed by atoms with Crippen LogP contribution in [0.25, 0.3) is 0 Å². The molecule has 0 radical (unpaired) electrons. The van der Waals surface area contributed by atoms with E-state index in [2.05, 4.69) is 4.72 Å². The Hall–Kier alpha value is -2.10. The van der Waals surface area contributed by atoms with Gasteiger partial charge in [0.25, 0.3) is 10.0 Å². The van der Waals surface area contributed by atoms with Crippen LogP contribution in [0, 0.1) is 5.92 Å². The number of rotatable bonds is 4. The van der Waals surface area contributed by atoms with E-state index < -0.39 is 31.9 Å². The van der Waals surface area contributed by atoms with Crippen molar-refractivity contribution in [2.75, 3.05) is 14.8 Å². The summed E-state index contributed by atoms with van der Waals surface area (Å²) in [6.07, 6.45) is 0. The number of anilines is 2. The van der Waals surface area contributed by atoms with E-state index in [1.807, 2.05) is 0 Å². The first kappa shape index (κ1) is 18.7. The lowest BCUT2D eigenvalue weighted by Gasteiger charge is -2.16. The van der Waals surface area contributed by atoms with Crippen molar-refractivity contribution in [3.63, 3.8) is 0 Å². The zero-order chi connectivity index (χ0) is 19.1. The van der Waals surface area contributed by atoms with Gasteiger partial charge in [0.1, 0.15) is 0 Å². The number of carbonyl (C=O) groups is 1. The Morgan fingerprint density at radius 1 is 1.12 bits per heavy atom. The van der Waals surface area contributed by atoms with Crippen LogP contribution in [-0.2, 0) is 24.8 Å². The first-order valence-corrected chi connectivity index (χ1v) is 11.0. The topological polar surface area (TPSA) is 101 Å². The maximum atomic E-state index is 12.5. The van der Waals surface area contributed by atoms with E-state index >= 15 is 0 Å². The van der Waals surface area contributed by atoms with Gasteiger partial charge in [0, 0.05) is 0 Å². The molecule has 0 aliphatic carbocycles. The van der Waals surface area contributed by atoms with Gasteiger partial charge in [0.2, 0.25) is 15.9 Å². The van der Waals surface area contributed by atoms with E-state index in [1.54, 1.807) is 18.2 Å². The van der Waals surface area contributed by atoms with E-state index in [0.717, 1.165) is 4.31 Å². The Bertz CT molecular complexity index is 1070. The van der Waals surface area contributed by atoms with Gasteiger partial charge < -0.3 is 0 Å². The third kappa shape index (κ3) is 3.42. The van der Waals surface area contributed by atoms with Crippen molar-refractivity contribution >= 4 is 48.9 Å². The third-order valence-corrected chi connectivity index (χ3v) is 7.44. The van der Waals surface area contributed by atoms with Gasteiger partial charge in [-0.2, -0.15) is 0 Å². The minimum atomic E-state index is -3.92. The zero-order valence-corrected chi connectivity index (χ0v) is 16.0. The van der Waals surface area contributed by atoms with Gasteiger partial charge >= 0.3 is 0 Å². The van der Waals surface area contributed by atoms with E-state index in [4.69, 9.17) is 11.6 Å². The highest BCUT2D eigenvalue weighted by atomic mass is 35.5. The second-order valence-electron chi connectivity index (χ2n) is 5.86. The molecule has 1 atom stereocenters. The number of nitrogens with one attached hydrogen (secondary N) is 1. The summed E-state index contributed by atoms with van der Waals surface area (Å²) in [5, 5.41) is 0.246. The second-order valence-corrected chi connectivity index (χ2v) is 9.81. The van der Waals surface area contributed by atoms with Gasteiger partial charge in [-0.1, -0.05) is 30.7 Å². The van der Waals surface area contributed by atoms with Crippen LogP contribution in [0.1, 0.15) is 6.92 Å². The minimum absolute atomic E-state index is 0.0849. The van der Waals surface area contributed by atoms with Gasteiger partial charge in [-0.25, -0.2) is 21.1 Å². The SMILES string of the molecule is C[C@H]1CS(=O)(=O)N(c2ccc(S(=O)(=O)Nc3ccccc3Cl)cc2)C1=O. The number of amides is 1. The van der Waals surface area contributed by atoms with E-state index in [-0.39, 0.29) is 27.0 Å². The van der Waals surface area contributed by atoms with Crippen molar-refractivity contribution in [2.45, 2.75) is 11.8 Å². The largest absolute Gasteiger partial charge is 0.278 e. The lowest BCUT2D eigenvalue weighted by Crippen LogP contribution is -2.30. The molecular formula is C16H15ClN2O5S2. The number of hydrogen-bond donors (Lipinski definition) is 1. The van der Waals surface area contributed by atoms with Crippen molar-refractivity contribution in [2.24, 2.45) is 5.92 Å². The monoisotopic (exact) mass is 414 g/mol. The number of nitrogens with zero attached hydrogens (tertiary/aromatic N) is 1. The fraction of sp³-hybridized carbons (Fsp3) is 0.188. The van der Waals surface area contributed by atoms with E-state index in [1.165, 1.54) is 37.3 Å². The van der Waals surface area contributed by atoms with Crippen LogP contribution in [-0.4, -0.2) is 28.5 Å². The Morgan fingerprint density at radius 2 is 1.73 bits per heavy atom. The van der Waals surface area contributed by atoms with Crippen molar-refractivity contribution in [3.05, 3.63) is 53.6 Å². The summed E-state index contributed by atoms with van der Waals surface area (Å²) in [6.45, 7) is 1.53. The summed E-state index contributed by atoms with van der Waals surface area (Å²) in [5.74, 6) is -1.43. The van der Waals surface area contributed by atoms with Gasteiger partial charge in [-0.3, -0.25) is 9.52 Å². The van der Waals surface area contributed by atoms with Gasteiger partial charge in [-0.05, 0) is 36.4 Å². The summed E-state index contributed by atoms with van der Waals surface area (Å²) >= 11 is 5.95. The van der Waals surface area contributed by atoms with Crippen molar-refractivity contribution in [3.8, 4) is 0 Å². The van der Waals surface area contributed by atoms with Crippen molar-refractivity contribution < 1.29 is 21.6 Å². The summed E-state index contributed by atoms with van der Waals surface area (Å²) in [5.41, 5.74) is 0.334. The fourth-order valence-corrected chi connectivity index (χ4v) is 5.73. The lowest BCUT2D eigenvalue weighted by molar-refractivity contribution is -0.119. The Balaban J connectivity index is 1.90. The van der Waals surface area contributed by atoms with Crippen LogP contribution >= 0.6 is 11.6 Å². The highest BCUT2D eigenvalue weighted by Gasteiger charge is 2.41. The van der Waals surface area contributed by atoms with Crippen LogP contribution in [0.15, 0.2) is 53.4 Å². The summed E-state index contributed by atoms with van der Waals surface area (Å²) in [6, 6.07) is 11.4. The second kappa shape index (κ2) is 6.57. The minimum Gasteiger partial charge on any atom is -0.278 e. The van der Waals surface area contributed by atoms with Crippen molar-refractivity contribution in [1.29, 1.82) is 0 Å². The third-order valence-electron chi connectivity index (χ3n) is 3.86. The highest BCUT2D eigenvalue weighted by Crippen LogP contribution is 2.30. The van der Waals surface area contributed by atoms with E-state index in [9.17, 15) is 21.6 Å². The number of sulfonamides is 2. The number of halogens is 1. The summed E-state index contributed by atoms with van der Waals surface area (Å²) < 4.78 is 52.2. The lowest BCUT2D eigenvalue weighted by atomic mass is 10.2. The van der Waals surface area contributed by atoms with Crippen molar-refractivity contribution in [1.82, 2.24) is 0 Å². The molecule has 7 nitrogen and oxygen atoms in total. The fourth-order valence-electron chi connectivity index (χ4n) is 2.60. The molecular weight excluding hydrogens is 400 g/mol. The molecule has 1 saturated heterocycles. The molecule has 1 aliphatic rings. The molecule has 0 aromatic heterocycles. The van der Waals surface area contributed by atoms with Crippen LogP contribution < -0.4 is 9.03 Å². The quantitative estimate of drug-likeness (QED) is 0.828. The number of hydrogen-bond acceptors (Lipinski definition) is 5. The molecule has 1 amide bonds. The molecule has 1 aliphatic heterocycles. The molecule has 0 spiro atoms.